The van der Waals surface area contributed by atoms with Crippen LogP contribution in [-0.2, 0) is 0 Å². The largest absolute Gasteiger partial charge is 0.495 e. The van der Waals surface area contributed by atoms with Gasteiger partial charge in [-0.2, -0.15) is 0 Å². The normalized spacial score (nSPS) is 12.4. The topological polar surface area (TPSA) is 56.8 Å². The average molecular weight is 297 g/mol. The number of carbonyl (C=O) groups is 1. The van der Waals surface area contributed by atoms with Gasteiger partial charge in [0.2, 0.25) is 6.79 Å². The van der Waals surface area contributed by atoms with Crippen molar-refractivity contribution < 1.29 is 19.0 Å². The van der Waals surface area contributed by atoms with Crippen LogP contribution >= 0.6 is 0 Å². The fraction of sp³-hybridized carbons (Fsp3) is 0.118. The second-order valence-electron chi connectivity index (χ2n) is 4.61. The molecule has 0 fully saturated rings. The van der Waals surface area contributed by atoms with Gasteiger partial charge < -0.3 is 19.5 Å². The Balaban J connectivity index is 1.69. The molecule has 3 rings (SSSR count). The number of hydrogen-bond acceptors (Lipinski definition) is 5. The third-order valence-corrected chi connectivity index (χ3v) is 3.24. The van der Waals surface area contributed by atoms with Crippen LogP contribution in [0.25, 0.3) is 0 Å². The van der Waals surface area contributed by atoms with E-state index in [1.54, 1.807) is 31.5 Å². The van der Waals surface area contributed by atoms with Crippen LogP contribution in [0.3, 0.4) is 0 Å². The maximum Gasteiger partial charge on any atom is 0.231 e. The van der Waals surface area contributed by atoms with Crippen LogP contribution in [0.1, 0.15) is 10.4 Å². The van der Waals surface area contributed by atoms with Crippen molar-refractivity contribution in [2.75, 3.05) is 19.2 Å². The molecule has 0 unspecified atom stereocenters. The molecule has 0 radical (unpaired) electrons. The van der Waals surface area contributed by atoms with E-state index in [0.29, 0.717) is 22.8 Å². The molecule has 1 aliphatic heterocycles. The molecule has 2 aromatic carbocycles. The maximum absolute atomic E-state index is 12.1. The number of ether oxygens (including phenoxy) is 3. The van der Waals surface area contributed by atoms with Crippen LogP contribution < -0.4 is 19.5 Å². The highest BCUT2D eigenvalue weighted by Gasteiger charge is 2.15. The number of para-hydroxylation sites is 2. The molecular weight excluding hydrogens is 282 g/mol. The highest BCUT2D eigenvalue weighted by molar-refractivity contribution is 6.05. The first kappa shape index (κ1) is 14.0. The summed E-state index contributed by atoms with van der Waals surface area (Å²) in [7, 11) is 1.60. The quantitative estimate of drug-likeness (QED) is 0.678. The Hall–Kier alpha value is -2.95. The molecule has 2 aromatic rings. The van der Waals surface area contributed by atoms with Crippen molar-refractivity contribution in [2.24, 2.45) is 0 Å². The van der Waals surface area contributed by atoms with Crippen molar-refractivity contribution in [2.45, 2.75) is 0 Å². The van der Waals surface area contributed by atoms with Crippen LogP contribution in [0.2, 0.25) is 0 Å². The van der Waals surface area contributed by atoms with Crippen molar-refractivity contribution in [3.8, 4) is 17.2 Å². The summed E-state index contributed by atoms with van der Waals surface area (Å²) in [6.45, 7) is 0.193. The second-order valence-corrected chi connectivity index (χ2v) is 4.61. The van der Waals surface area contributed by atoms with E-state index < -0.39 is 0 Å². The van der Waals surface area contributed by atoms with Gasteiger partial charge in [-0.25, -0.2) is 0 Å². The minimum Gasteiger partial charge on any atom is -0.495 e. The number of ketones is 1. The van der Waals surface area contributed by atoms with Crippen LogP contribution in [-0.4, -0.2) is 19.7 Å². The summed E-state index contributed by atoms with van der Waals surface area (Å²) >= 11 is 0. The number of carbonyl (C=O) groups excluding carboxylic acids is 1. The summed E-state index contributed by atoms with van der Waals surface area (Å²) in [5, 5.41) is 3.03. The van der Waals surface area contributed by atoms with Crippen molar-refractivity contribution in [3.05, 3.63) is 60.3 Å². The van der Waals surface area contributed by atoms with Gasteiger partial charge in [0.1, 0.15) is 5.75 Å². The number of nitrogens with one attached hydrogen (secondary N) is 1. The smallest absolute Gasteiger partial charge is 0.231 e. The molecule has 0 spiro atoms. The molecule has 0 saturated carbocycles. The molecule has 22 heavy (non-hydrogen) atoms. The molecule has 5 heteroatoms. The summed E-state index contributed by atoms with van der Waals surface area (Å²) in [5.74, 6) is 1.84. The van der Waals surface area contributed by atoms with E-state index in [9.17, 15) is 4.79 Å². The Labute approximate surface area is 128 Å². The fourth-order valence-electron chi connectivity index (χ4n) is 2.12. The second kappa shape index (κ2) is 6.22. The van der Waals surface area contributed by atoms with Gasteiger partial charge >= 0.3 is 0 Å². The number of allylic oxidation sites excluding steroid dienone is 1. The Morgan fingerprint density at radius 3 is 2.86 bits per heavy atom. The number of fused-ring (bicyclic) bond motifs is 1. The standard InChI is InChI=1S/C17H15NO4/c1-20-15-5-3-2-4-13(15)18-9-8-14(19)12-6-7-16-17(10-12)22-11-21-16/h2-10,18H,11H2,1H3/b9-8+. The summed E-state index contributed by atoms with van der Waals surface area (Å²) < 4.78 is 15.7. The third-order valence-electron chi connectivity index (χ3n) is 3.24. The molecular formula is C17H15NO4. The Kier molecular flexibility index (Phi) is 3.96. The molecule has 0 aromatic heterocycles. The molecule has 0 bridgehead atoms. The molecule has 1 heterocycles. The minimum atomic E-state index is -0.124. The van der Waals surface area contributed by atoms with Crippen molar-refractivity contribution >= 4 is 11.5 Å². The van der Waals surface area contributed by atoms with Gasteiger partial charge in [0, 0.05) is 17.8 Å². The van der Waals surface area contributed by atoms with Gasteiger partial charge in [-0.1, -0.05) is 12.1 Å². The lowest BCUT2D eigenvalue weighted by atomic mass is 10.1. The lowest BCUT2D eigenvalue weighted by Gasteiger charge is -2.06. The Morgan fingerprint density at radius 2 is 2.00 bits per heavy atom. The molecule has 1 N–H and O–H groups in total. The summed E-state index contributed by atoms with van der Waals surface area (Å²) in [5.41, 5.74) is 1.34. The lowest BCUT2D eigenvalue weighted by Crippen LogP contribution is -1.97. The first-order chi connectivity index (χ1) is 10.8. The van der Waals surface area contributed by atoms with E-state index >= 15 is 0 Å². The monoisotopic (exact) mass is 297 g/mol. The number of methoxy groups -OCH3 is 1. The van der Waals surface area contributed by atoms with E-state index in [1.807, 2.05) is 24.3 Å². The van der Waals surface area contributed by atoms with Gasteiger partial charge in [-0.3, -0.25) is 4.79 Å². The zero-order valence-corrected chi connectivity index (χ0v) is 12.0. The van der Waals surface area contributed by atoms with Gasteiger partial charge in [-0.05, 0) is 30.3 Å². The summed E-state index contributed by atoms with van der Waals surface area (Å²) in [4.78, 5) is 12.1. The molecule has 0 aliphatic carbocycles. The average Bonchev–Trinajstić information content (AvgIpc) is 3.02. The van der Waals surface area contributed by atoms with E-state index in [2.05, 4.69) is 5.32 Å². The van der Waals surface area contributed by atoms with E-state index in [0.717, 1.165) is 5.69 Å². The maximum atomic E-state index is 12.1. The minimum absolute atomic E-state index is 0.124. The fourth-order valence-corrected chi connectivity index (χ4v) is 2.12. The molecule has 5 nitrogen and oxygen atoms in total. The molecule has 1 aliphatic rings. The zero-order valence-electron chi connectivity index (χ0n) is 12.0. The molecule has 0 saturated heterocycles. The Morgan fingerprint density at radius 1 is 1.18 bits per heavy atom. The molecule has 0 atom stereocenters. The van der Waals surface area contributed by atoms with E-state index in [1.165, 1.54) is 6.08 Å². The number of benzene rings is 2. The van der Waals surface area contributed by atoms with E-state index in [-0.39, 0.29) is 12.6 Å². The van der Waals surface area contributed by atoms with Crippen molar-refractivity contribution in [3.63, 3.8) is 0 Å². The highest BCUT2D eigenvalue weighted by atomic mass is 16.7. The highest BCUT2D eigenvalue weighted by Crippen LogP contribution is 2.32. The lowest BCUT2D eigenvalue weighted by molar-refractivity contribution is 0.104. The van der Waals surface area contributed by atoms with Crippen molar-refractivity contribution in [1.82, 2.24) is 0 Å². The zero-order chi connectivity index (χ0) is 15.4. The van der Waals surface area contributed by atoms with Gasteiger partial charge in [0.15, 0.2) is 17.3 Å². The van der Waals surface area contributed by atoms with Crippen LogP contribution in [0.4, 0.5) is 5.69 Å². The van der Waals surface area contributed by atoms with Crippen LogP contribution in [0.15, 0.2) is 54.7 Å². The number of rotatable bonds is 5. The van der Waals surface area contributed by atoms with Crippen LogP contribution in [0, 0.1) is 0 Å². The van der Waals surface area contributed by atoms with Crippen molar-refractivity contribution in [1.29, 1.82) is 0 Å². The van der Waals surface area contributed by atoms with Crippen LogP contribution in [0.5, 0.6) is 17.2 Å². The van der Waals surface area contributed by atoms with Gasteiger partial charge in [0.05, 0.1) is 12.8 Å². The number of hydrogen-bond donors (Lipinski definition) is 1. The summed E-state index contributed by atoms with van der Waals surface area (Å²) in [6.07, 6.45) is 3.05. The predicted molar refractivity (Wildman–Crippen MR) is 82.7 cm³/mol. The molecule has 0 amide bonds. The van der Waals surface area contributed by atoms with Gasteiger partial charge in [-0.15, -0.1) is 0 Å². The third kappa shape index (κ3) is 2.88. The SMILES string of the molecule is COc1ccccc1N/C=C/C(=O)c1ccc2c(c1)OCO2. The predicted octanol–water partition coefficient (Wildman–Crippen LogP) is 3.23. The number of anilines is 1. The first-order valence-corrected chi connectivity index (χ1v) is 6.78. The Bertz CT molecular complexity index is 724. The van der Waals surface area contributed by atoms with Gasteiger partial charge in [0.25, 0.3) is 0 Å². The first-order valence-electron chi connectivity index (χ1n) is 6.78. The molecule has 112 valence electrons. The summed E-state index contributed by atoms with van der Waals surface area (Å²) in [6, 6.07) is 12.6. The van der Waals surface area contributed by atoms with E-state index in [4.69, 9.17) is 14.2 Å².